The van der Waals surface area contributed by atoms with Crippen LogP contribution in [0.1, 0.15) is 51.0 Å². The molecule has 3 heterocycles. The van der Waals surface area contributed by atoms with Crippen LogP contribution in [-0.2, 0) is 11.3 Å². The van der Waals surface area contributed by atoms with Crippen LogP contribution in [-0.4, -0.2) is 90.4 Å². The molecule has 8 nitrogen and oxygen atoms in total. The van der Waals surface area contributed by atoms with Crippen LogP contribution in [0.3, 0.4) is 0 Å². The molecule has 3 aromatic rings. The number of amides is 2. The SMILES string of the molecule is CC(C)(C)[C@H](c1[nH]c(-c2ccccc2)c[n+]1Cc1ccccc1)N(C[C@@H](F)CN)C(=O)N1CCC(N2CCOCC2)CC1. The minimum absolute atomic E-state index is 0.0638. The largest absolute Gasteiger partial charge is 0.379 e. The molecule has 232 valence electrons. The summed E-state index contributed by atoms with van der Waals surface area (Å²) in [7, 11) is 0. The van der Waals surface area contributed by atoms with Crippen molar-refractivity contribution in [3.63, 3.8) is 0 Å². The average molecular weight is 592 g/mol. The van der Waals surface area contributed by atoms with Crippen molar-refractivity contribution >= 4 is 6.03 Å². The number of piperidine rings is 1. The molecule has 2 aromatic carbocycles. The highest BCUT2D eigenvalue weighted by Crippen LogP contribution is 2.38. The van der Waals surface area contributed by atoms with Crippen molar-refractivity contribution in [3.05, 3.63) is 78.2 Å². The Balaban J connectivity index is 1.49. The molecule has 2 aliphatic rings. The second-order valence-corrected chi connectivity index (χ2v) is 12.9. The molecule has 43 heavy (non-hydrogen) atoms. The number of H-pyrrole nitrogens is 1. The maximum atomic E-state index is 15.2. The van der Waals surface area contributed by atoms with Crippen LogP contribution in [0.15, 0.2) is 66.9 Å². The molecule has 2 atom stereocenters. The van der Waals surface area contributed by atoms with Gasteiger partial charge in [-0.1, -0.05) is 81.4 Å². The first-order valence-corrected chi connectivity index (χ1v) is 15.7. The molecular formula is C34H48FN6O2+. The molecule has 0 saturated carbocycles. The molecule has 9 heteroatoms. The highest BCUT2D eigenvalue weighted by atomic mass is 19.1. The molecule has 2 amide bonds. The quantitative estimate of drug-likeness (QED) is 0.356. The lowest BCUT2D eigenvalue weighted by Crippen LogP contribution is -2.56. The predicted octanol–water partition coefficient (Wildman–Crippen LogP) is 4.62. The van der Waals surface area contributed by atoms with E-state index in [0.29, 0.717) is 25.7 Å². The number of imidazole rings is 1. The minimum Gasteiger partial charge on any atom is -0.379 e. The van der Waals surface area contributed by atoms with Crippen molar-refractivity contribution in [2.75, 3.05) is 52.5 Å². The van der Waals surface area contributed by atoms with Gasteiger partial charge in [0.25, 0.3) is 5.82 Å². The van der Waals surface area contributed by atoms with Crippen LogP contribution in [0, 0.1) is 5.41 Å². The Morgan fingerprint density at radius 1 is 1.05 bits per heavy atom. The van der Waals surface area contributed by atoms with Gasteiger partial charge < -0.3 is 20.3 Å². The zero-order valence-electron chi connectivity index (χ0n) is 25.9. The normalized spacial score (nSPS) is 18.4. The van der Waals surface area contributed by atoms with Crippen LogP contribution in [0.2, 0.25) is 0 Å². The van der Waals surface area contributed by atoms with Crippen LogP contribution < -0.4 is 10.3 Å². The van der Waals surface area contributed by atoms with E-state index in [1.54, 1.807) is 4.90 Å². The molecule has 5 rings (SSSR count). The van der Waals surface area contributed by atoms with Crippen molar-refractivity contribution in [1.82, 2.24) is 19.7 Å². The topological polar surface area (TPSA) is 81.7 Å². The molecule has 2 saturated heterocycles. The summed E-state index contributed by atoms with van der Waals surface area (Å²) in [5, 5.41) is 0. The van der Waals surface area contributed by atoms with Gasteiger partial charge in [-0.05, 0) is 23.8 Å². The van der Waals surface area contributed by atoms with E-state index in [-0.39, 0.29) is 19.1 Å². The fourth-order valence-corrected chi connectivity index (χ4v) is 6.52. The predicted molar refractivity (Wildman–Crippen MR) is 167 cm³/mol. The van der Waals surface area contributed by atoms with Crippen molar-refractivity contribution in [2.24, 2.45) is 11.1 Å². The van der Waals surface area contributed by atoms with Gasteiger partial charge in [0.2, 0.25) is 0 Å². The second-order valence-electron chi connectivity index (χ2n) is 12.9. The maximum absolute atomic E-state index is 15.2. The number of aromatic amines is 1. The summed E-state index contributed by atoms with van der Waals surface area (Å²) in [6.45, 7) is 11.5. The average Bonchev–Trinajstić information content (AvgIpc) is 3.43. The number of ether oxygens (including phenoxy) is 1. The van der Waals surface area contributed by atoms with E-state index in [1.165, 1.54) is 0 Å². The number of likely N-dealkylation sites (tertiary alicyclic amines) is 1. The van der Waals surface area contributed by atoms with E-state index in [4.69, 9.17) is 10.5 Å². The first-order chi connectivity index (χ1) is 20.7. The third-order valence-corrected chi connectivity index (χ3v) is 8.72. The van der Waals surface area contributed by atoms with Crippen molar-refractivity contribution in [3.8, 4) is 11.3 Å². The van der Waals surface area contributed by atoms with Gasteiger partial charge in [-0.3, -0.25) is 4.90 Å². The Morgan fingerprint density at radius 2 is 1.67 bits per heavy atom. The van der Waals surface area contributed by atoms with Gasteiger partial charge in [0.1, 0.15) is 25.0 Å². The first-order valence-electron chi connectivity index (χ1n) is 15.7. The van der Waals surface area contributed by atoms with E-state index in [9.17, 15) is 4.79 Å². The first kappa shape index (κ1) is 31.2. The molecule has 0 bridgehead atoms. The highest BCUT2D eigenvalue weighted by molar-refractivity contribution is 5.75. The van der Waals surface area contributed by atoms with E-state index < -0.39 is 17.6 Å². The van der Waals surface area contributed by atoms with Gasteiger partial charge in [-0.2, -0.15) is 0 Å². The van der Waals surface area contributed by atoms with Gasteiger partial charge >= 0.3 is 6.03 Å². The molecule has 0 spiro atoms. The Morgan fingerprint density at radius 3 is 2.28 bits per heavy atom. The van der Waals surface area contributed by atoms with E-state index in [0.717, 1.165) is 61.8 Å². The number of rotatable bonds is 9. The molecule has 3 N–H and O–H groups in total. The summed E-state index contributed by atoms with van der Waals surface area (Å²) in [6, 6.07) is 20.4. The smallest absolute Gasteiger partial charge is 0.320 e. The van der Waals surface area contributed by atoms with Gasteiger partial charge in [-0.25, -0.2) is 18.7 Å². The number of alkyl halides is 1. The monoisotopic (exact) mass is 591 g/mol. The lowest BCUT2D eigenvalue weighted by Gasteiger charge is -2.44. The number of morpholine rings is 1. The molecule has 2 fully saturated rings. The Bertz CT molecular complexity index is 1300. The fourth-order valence-electron chi connectivity index (χ4n) is 6.52. The molecule has 0 aliphatic carbocycles. The molecule has 0 unspecified atom stereocenters. The Kier molecular flexibility index (Phi) is 10.2. The number of nitrogens with one attached hydrogen (secondary N) is 1. The zero-order valence-corrected chi connectivity index (χ0v) is 25.9. The molecular weight excluding hydrogens is 543 g/mol. The standard InChI is InChI=1S/C34H47FN6O2/c1-34(2,3)31(32-37-30(27-12-8-5-9-13-27)25-40(32)23-26-10-6-4-7-11-26)41(24-28(35)22-36)33(42)39-16-14-29(15-17-39)38-18-20-43-21-19-38/h4-13,25,28-29,31H,14-24,36H2,1-3H3/p+1/t28-,31-/m0/s1. The second kappa shape index (κ2) is 14.0. The van der Waals surface area contributed by atoms with E-state index >= 15 is 4.39 Å². The minimum atomic E-state index is -1.33. The maximum Gasteiger partial charge on any atom is 0.320 e. The van der Waals surface area contributed by atoms with Crippen LogP contribution in [0.4, 0.5) is 9.18 Å². The third kappa shape index (κ3) is 7.63. The summed E-state index contributed by atoms with van der Waals surface area (Å²) in [4.78, 5) is 24.3. The molecule has 1 aromatic heterocycles. The fraction of sp³-hybridized carbons (Fsp3) is 0.529. The summed E-state index contributed by atoms with van der Waals surface area (Å²) in [5.74, 6) is 0.871. The van der Waals surface area contributed by atoms with Crippen LogP contribution in [0.5, 0.6) is 0 Å². The number of aromatic nitrogens is 2. The van der Waals surface area contributed by atoms with Crippen LogP contribution >= 0.6 is 0 Å². The van der Waals surface area contributed by atoms with E-state index in [2.05, 4.69) is 65.7 Å². The number of nitrogens with two attached hydrogens (primary N) is 1. The molecule has 0 radical (unpaired) electrons. The summed E-state index contributed by atoms with van der Waals surface area (Å²) >= 11 is 0. The number of halogens is 1. The van der Waals surface area contributed by atoms with Gasteiger partial charge in [0.15, 0.2) is 5.69 Å². The number of benzene rings is 2. The summed E-state index contributed by atoms with van der Waals surface area (Å²) < 4.78 is 23.0. The van der Waals surface area contributed by atoms with E-state index in [1.807, 2.05) is 41.3 Å². The Hall–Kier alpha value is -3.27. The molecule has 2 aliphatic heterocycles. The van der Waals surface area contributed by atoms with Crippen molar-refractivity contribution in [2.45, 2.75) is 58.4 Å². The van der Waals surface area contributed by atoms with Crippen molar-refractivity contribution in [1.29, 1.82) is 0 Å². The summed E-state index contributed by atoms with van der Waals surface area (Å²) in [5.41, 5.74) is 8.55. The lowest BCUT2D eigenvalue weighted by atomic mass is 9.84. The zero-order chi connectivity index (χ0) is 30.4. The number of carbonyl (C=O) groups excluding carboxylic acids is 1. The number of urea groups is 1. The van der Waals surface area contributed by atoms with Crippen molar-refractivity contribution < 1.29 is 18.5 Å². The summed E-state index contributed by atoms with van der Waals surface area (Å²) in [6.07, 6.45) is 2.60. The number of carbonyl (C=O) groups is 1. The third-order valence-electron chi connectivity index (χ3n) is 8.72. The van der Waals surface area contributed by atoms with Gasteiger partial charge in [0, 0.05) is 44.3 Å². The Labute approximate surface area is 255 Å². The number of hydrogen-bond donors (Lipinski definition) is 2. The van der Waals surface area contributed by atoms with Gasteiger partial charge in [0.05, 0.1) is 19.8 Å². The highest BCUT2D eigenvalue weighted by Gasteiger charge is 2.44. The number of nitrogens with zero attached hydrogens (tertiary/aromatic N) is 4. The lowest BCUT2D eigenvalue weighted by molar-refractivity contribution is -0.697. The number of hydrogen-bond acceptors (Lipinski definition) is 4. The van der Waals surface area contributed by atoms with Gasteiger partial charge in [-0.15, -0.1) is 0 Å². The van der Waals surface area contributed by atoms with Crippen LogP contribution in [0.25, 0.3) is 11.3 Å².